The maximum Gasteiger partial charge on any atom is 0.416 e. The highest BCUT2D eigenvalue weighted by molar-refractivity contribution is 9.08. The van der Waals surface area contributed by atoms with Crippen LogP contribution in [0.1, 0.15) is 11.1 Å². The Bertz CT molecular complexity index is 256. The molecule has 0 aliphatic carbocycles. The fourth-order valence-corrected chi connectivity index (χ4v) is 1.16. The van der Waals surface area contributed by atoms with E-state index >= 15 is 0 Å². The normalized spacial score (nSPS) is 10.4. The van der Waals surface area contributed by atoms with E-state index in [2.05, 4.69) is 15.9 Å². The van der Waals surface area contributed by atoms with Crippen molar-refractivity contribution in [3.05, 3.63) is 35.4 Å². The molecule has 0 bridgehead atoms. The SMILES string of the molecule is CO.FC(F)(F)c1ccc(CBr)cc1. The van der Waals surface area contributed by atoms with E-state index in [0.29, 0.717) is 5.33 Å². The standard InChI is InChI=1S/C8H6BrF3.CH4O/c9-5-6-1-3-7(4-2-6)8(10,11)12;1-2/h1-4H,5H2;2H,1H3. The minimum Gasteiger partial charge on any atom is -0.400 e. The van der Waals surface area contributed by atoms with Crippen LogP contribution in [-0.2, 0) is 11.5 Å². The molecule has 0 aromatic heterocycles. The fraction of sp³-hybridized carbons (Fsp3) is 0.333. The Morgan fingerprint density at radius 1 is 1.14 bits per heavy atom. The van der Waals surface area contributed by atoms with E-state index < -0.39 is 11.7 Å². The summed E-state index contributed by atoms with van der Waals surface area (Å²) in [6.07, 6.45) is -4.23. The van der Waals surface area contributed by atoms with Crippen LogP contribution in [0.5, 0.6) is 0 Å². The molecule has 1 rings (SSSR count). The number of aliphatic hydroxyl groups is 1. The van der Waals surface area contributed by atoms with Crippen LogP contribution in [0.2, 0.25) is 0 Å². The molecular weight excluding hydrogens is 261 g/mol. The summed E-state index contributed by atoms with van der Waals surface area (Å²) in [6, 6.07) is 5.07. The zero-order valence-corrected chi connectivity index (χ0v) is 9.06. The summed E-state index contributed by atoms with van der Waals surface area (Å²) < 4.78 is 36.0. The van der Waals surface area contributed by atoms with Crippen molar-refractivity contribution in [1.29, 1.82) is 0 Å². The van der Waals surface area contributed by atoms with Crippen molar-refractivity contribution in [3.63, 3.8) is 0 Å². The number of aliphatic hydroxyl groups excluding tert-OH is 1. The molecule has 5 heteroatoms. The first-order valence-electron chi connectivity index (χ1n) is 3.71. The van der Waals surface area contributed by atoms with Gasteiger partial charge in [-0.3, -0.25) is 0 Å². The van der Waals surface area contributed by atoms with E-state index in [1.165, 1.54) is 12.1 Å². The van der Waals surface area contributed by atoms with Crippen LogP contribution in [0.15, 0.2) is 24.3 Å². The average molecular weight is 271 g/mol. The number of benzene rings is 1. The van der Waals surface area contributed by atoms with Gasteiger partial charge in [0.1, 0.15) is 0 Å². The third kappa shape index (κ3) is 4.11. The van der Waals surface area contributed by atoms with Crippen molar-refractivity contribution in [2.24, 2.45) is 0 Å². The summed E-state index contributed by atoms with van der Waals surface area (Å²) in [5.74, 6) is 0. The Hall–Kier alpha value is -0.550. The third-order valence-electron chi connectivity index (χ3n) is 1.44. The van der Waals surface area contributed by atoms with Gasteiger partial charge in [-0.05, 0) is 17.7 Å². The van der Waals surface area contributed by atoms with Gasteiger partial charge in [0, 0.05) is 12.4 Å². The Morgan fingerprint density at radius 2 is 1.57 bits per heavy atom. The molecule has 1 N–H and O–H groups in total. The van der Waals surface area contributed by atoms with Crippen molar-refractivity contribution in [2.45, 2.75) is 11.5 Å². The average Bonchev–Trinajstić information content (AvgIpc) is 2.20. The van der Waals surface area contributed by atoms with E-state index in [-0.39, 0.29) is 0 Å². The molecule has 1 aromatic carbocycles. The second-order valence-electron chi connectivity index (χ2n) is 2.33. The lowest BCUT2D eigenvalue weighted by molar-refractivity contribution is -0.137. The molecular formula is C9H10BrF3O. The van der Waals surface area contributed by atoms with E-state index in [4.69, 9.17) is 5.11 Å². The van der Waals surface area contributed by atoms with E-state index in [1.54, 1.807) is 0 Å². The van der Waals surface area contributed by atoms with E-state index in [9.17, 15) is 13.2 Å². The maximum absolute atomic E-state index is 12.0. The molecule has 0 atom stereocenters. The van der Waals surface area contributed by atoms with Crippen LogP contribution < -0.4 is 0 Å². The summed E-state index contributed by atoms with van der Waals surface area (Å²) in [4.78, 5) is 0. The van der Waals surface area contributed by atoms with Crippen molar-refractivity contribution in [3.8, 4) is 0 Å². The smallest absolute Gasteiger partial charge is 0.400 e. The molecule has 1 aromatic rings. The molecule has 0 heterocycles. The van der Waals surface area contributed by atoms with Gasteiger partial charge in [-0.25, -0.2) is 0 Å². The van der Waals surface area contributed by atoms with Gasteiger partial charge in [0.15, 0.2) is 0 Å². The van der Waals surface area contributed by atoms with Gasteiger partial charge >= 0.3 is 6.18 Å². The molecule has 0 saturated carbocycles. The summed E-state index contributed by atoms with van der Waals surface area (Å²) >= 11 is 3.15. The Morgan fingerprint density at radius 3 is 1.86 bits per heavy atom. The van der Waals surface area contributed by atoms with Crippen molar-refractivity contribution in [1.82, 2.24) is 0 Å². The highest BCUT2D eigenvalue weighted by Gasteiger charge is 2.29. The van der Waals surface area contributed by atoms with Gasteiger partial charge < -0.3 is 5.11 Å². The molecule has 0 aliphatic rings. The van der Waals surface area contributed by atoms with Crippen molar-refractivity contribution >= 4 is 15.9 Å². The highest BCUT2D eigenvalue weighted by atomic mass is 79.9. The fourth-order valence-electron chi connectivity index (χ4n) is 0.783. The maximum atomic E-state index is 12.0. The molecule has 1 nitrogen and oxygen atoms in total. The van der Waals surface area contributed by atoms with Crippen LogP contribution in [0.3, 0.4) is 0 Å². The second-order valence-corrected chi connectivity index (χ2v) is 2.89. The molecule has 0 unspecified atom stereocenters. The lowest BCUT2D eigenvalue weighted by atomic mass is 10.1. The second kappa shape index (κ2) is 6.03. The molecule has 0 spiro atoms. The summed E-state index contributed by atoms with van der Waals surface area (Å²) in [5, 5.41) is 7.57. The molecule has 14 heavy (non-hydrogen) atoms. The van der Waals surface area contributed by atoms with Crippen LogP contribution in [-0.4, -0.2) is 12.2 Å². The zero-order chi connectivity index (χ0) is 11.2. The number of rotatable bonds is 1. The molecule has 0 radical (unpaired) electrons. The lowest BCUT2D eigenvalue weighted by Gasteiger charge is -2.05. The largest absolute Gasteiger partial charge is 0.416 e. The van der Waals surface area contributed by atoms with Crippen LogP contribution in [0.25, 0.3) is 0 Å². The highest BCUT2D eigenvalue weighted by Crippen LogP contribution is 2.29. The summed E-state index contributed by atoms with van der Waals surface area (Å²) in [7, 11) is 1.00. The van der Waals surface area contributed by atoms with Crippen LogP contribution >= 0.6 is 15.9 Å². The van der Waals surface area contributed by atoms with Crippen molar-refractivity contribution < 1.29 is 18.3 Å². The number of hydrogen-bond acceptors (Lipinski definition) is 1. The number of hydrogen-bond donors (Lipinski definition) is 1. The summed E-state index contributed by atoms with van der Waals surface area (Å²) in [5.41, 5.74) is 0.232. The summed E-state index contributed by atoms with van der Waals surface area (Å²) in [6.45, 7) is 0. The topological polar surface area (TPSA) is 20.2 Å². The van der Waals surface area contributed by atoms with Gasteiger partial charge in [0.25, 0.3) is 0 Å². The third-order valence-corrected chi connectivity index (χ3v) is 2.08. The molecule has 0 saturated heterocycles. The minimum atomic E-state index is -4.23. The van der Waals surface area contributed by atoms with Crippen molar-refractivity contribution in [2.75, 3.05) is 7.11 Å². The molecule has 0 aliphatic heterocycles. The monoisotopic (exact) mass is 270 g/mol. The molecule has 80 valence electrons. The van der Waals surface area contributed by atoms with Gasteiger partial charge in [-0.1, -0.05) is 28.1 Å². The van der Waals surface area contributed by atoms with Gasteiger partial charge in [-0.15, -0.1) is 0 Å². The number of halogens is 4. The Kier molecular flexibility index (Phi) is 5.79. The van der Waals surface area contributed by atoms with E-state index in [0.717, 1.165) is 24.8 Å². The zero-order valence-electron chi connectivity index (χ0n) is 7.48. The van der Waals surface area contributed by atoms with Gasteiger partial charge in [0.2, 0.25) is 0 Å². The molecule has 0 fully saturated rings. The first-order valence-corrected chi connectivity index (χ1v) is 4.83. The minimum absolute atomic E-state index is 0.575. The van der Waals surface area contributed by atoms with Crippen LogP contribution in [0.4, 0.5) is 13.2 Å². The quantitative estimate of drug-likeness (QED) is 0.777. The van der Waals surface area contributed by atoms with Crippen LogP contribution in [0, 0.1) is 0 Å². The van der Waals surface area contributed by atoms with E-state index in [1.807, 2.05) is 0 Å². The van der Waals surface area contributed by atoms with Gasteiger partial charge in [0.05, 0.1) is 5.56 Å². The Balaban J connectivity index is 0.000000791. The number of alkyl halides is 4. The molecule has 0 amide bonds. The first-order chi connectivity index (χ1) is 6.54. The predicted molar refractivity (Wildman–Crippen MR) is 52.2 cm³/mol. The lowest BCUT2D eigenvalue weighted by Crippen LogP contribution is -2.04. The first kappa shape index (κ1) is 13.4. The Labute approximate surface area is 88.7 Å². The predicted octanol–water partition coefficient (Wildman–Crippen LogP) is 3.21. The van der Waals surface area contributed by atoms with Gasteiger partial charge in [-0.2, -0.15) is 13.2 Å².